The normalized spacial score (nSPS) is 19.2. The largest absolute Gasteiger partial charge is 0.469 e. The average molecular weight is 343 g/mol. The van der Waals surface area contributed by atoms with Gasteiger partial charge in [-0.15, -0.1) is 0 Å². The second kappa shape index (κ2) is 4.86. The highest BCUT2D eigenvalue weighted by molar-refractivity contribution is 14.1. The monoisotopic (exact) mass is 343 g/mol. The van der Waals surface area contributed by atoms with Gasteiger partial charge in [0.15, 0.2) is 3.77 Å². The van der Waals surface area contributed by atoms with Crippen molar-refractivity contribution in [2.24, 2.45) is 0 Å². The maximum absolute atomic E-state index is 5.54. The average Bonchev–Trinajstić information content (AvgIpc) is 2.94. The Bertz CT molecular complexity index is 503. The number of fused-ring (bicyclic) bond motifs is 1. The van der Waals surface area contributed by atoms with Gasteiger partial charge in [0.2, 0.25) is 0 Å². The molecule has 3 nitrogen and oxygen atoms in total. The van der Waals surface area contributed by atoms with Crippen molar-refractivity contribution in [2.45, 2.75) is 31.8 Å². The zero-order valence-corrected chi connectivity index (χ0v) is 11.6. The van der Waals surface area contributed by atoms with Gasteiger partial charge in [0.25, 0.3) is 0 Å². The van der Waals surface area contributed by atoms with E-state index in [1.165, 1.54) is 18.4 Å². The molecule has 2 aromatic rings. The summed E-state index contributed by atoms with van der Waals surface area (Å²) < 4.78 is 12.0. The molecule has 1 unspecified atom stereocenters. The fourth-order valence-electron chi connectivity index (χ4n) is 2.37. The highest BCUT2D eigenvalue weighted by atomic mass is 127. The van der Waals surface area contributed by atoms with Crippen LogP contribution in [-0.4, -0.2) is 0 Å². The van der Waals surface area contributed by atoms with Crippen molar-refractivity contribution >= 4 is 22.6 Å². The molecule has 17 heavy (non-hydrogen) atoms. The van der Waals surface area contributed by atoms with Crippen molar-refractivity contribution in [1.82, 2.24) is 5.32 Å². The third kappa shape index (κ3) is 2.42. The Hall–Kier alpha value is -0.750. The van der Waals surface area contributed by atoms with Crippen LogP contribution in [-0.2, 0) is 13.0 Å². The van der Waals surface area contributed by atoms with Crippen LogP contribution in [0.1, 0.15) is 36.0 Å². The quantitative estimate of drug-likeness (QED) is 0.865. The minimum absolute atomic E-state index is 0.403. The summed E-state index contributed by atoms with van der Waals surface area (Å²) in [7, 11) is 0. The van der Waals surface area contributed by atoms with E-state index in [2.05, 4.69) is 34.0 Å². The van der Waals surface area contributed by atoms with Gasteiger partial charge in [-0.1, -0.05) is 0 Å². The summed E-state index contributed by atoms with van der Waals surface area (Å²) in [6.45, 7) is 0.776. The molecule has 2 heterocycles. The van der Waals surface area contributed by atoms with Gasteiger partial charge >= 0.3 is 0 Å². The molecular weight excluding hydrogens is 329 g/mol. The summed E-state index contributed by atoms with van der Waals surface area (Å²) in [5.41, 5.74) is 1.32. The van der Waals surface area contributed by atoms with Gasteiger partial charge in [0.1, 0.15) is 11.5 Å². The van der Waals surface area contributed by atoms with Crippen molar-refractivity contribution in [2.75, 3.05) is 0 Å². The van der Waals surface area contributed by atoms with E-state index in [1.54, 1.807) is 6.26 Å². The van der Waals surface area contributed by atoms with E-state index in [9.17, 15) is 0 Å². The molecule has 0 fully saturated rings. The number of rotatable bonds is 3. The van der Waals surface area contributed by atoms with Gasteiger partial charge in [-0.2, -0.15) is 0 Å². The SMILES string of the molecule is Ic1ccc(CNC2CCCc3occc32)o1. The van der Waals surface area contributed by atoms with Gasteiger partial charge in [-0.05, 0) is 53.6 Å². The minimum atomic E-state index is 0.403. The van der Waals surface area contributed by atoms with Gasteiger partial charge in [0.05, 0.1) is 12.8 Å². The summed E-state index contributed by atoms with van der Waals surface area (Å²) in [4.78, 5) is 0. The zero-order valence-electron chi connectivity index (χ0n) is 9.41. The first-order valence-electron chi connectivity index (χ1n) is 5.87. The van der Waals surface area contributed by atoms with E-state index in [1.807, 2.05) is 12.1 Å². The lowest BCUT2D eigenvalue weighted by Crippen LogP contribution is -2.23. The second-order valence-electron chi connectivity index (χ2n) is 4.33. The number of halogens is 1. The third-order valence-electron chi connectivity index (χ3n) is 3.20. The van der Waals surface area contributed by atoms with Crippen LogP contribution >= 0.6 is 22.6 Å². The number of aryl methyl sites for hydroxylation is 1. The Balaban J connectivity index is 1.67. The Morgan fingerprint density at radius 3 is 3.12 bits per heavy atom. The first-order chi connectivity index (χ1) is 8.33. The molecule has 1 aliphatic carbocycles. The molecule has 0 spiro atoms. The molecule has 0 saturated heterocycles. The molecule has 0 saturated carbocycles. The van der Waals surface area contributed by atoms with Crippen LogP contribution in [0.15, 0.2) is 33.3 Å². The van der Waals surface area contributed by atoms with Gasteiger partial charge in [0, 0.05) is 18.0 Å². The smallest absolute Gasteiger partial charge is 0.164 e. The Labute approximate surface area is 114 Å². The molecule has 1 aliphatic rings. The highest BCUT2D eigenvalue weighted by Crippen LogP contribution is 2.30. The number of hydrogen-bond donors (Lipinski definition) is 1. The van der Waals surface area contributed by atoms with E-state index < -0.39 is 0 Å². The topological polar surface area (TPSA) is 38.3 Å². The summed E-state index contributed by atoms with van der Waals surface area (Å²) in [5.74, 6) is 2.13. The van der Waals surface area contributed by atoms with Crippen LogP contribution in [0.4, 0.5) is 0 Å². The Morgan fingerprint density at radius 2 is 2.29 bits per heavy atom. The van der Waals surface area contributed by atoms with Crippen molar-refractivity contribution in [3.8, 4) is 0 Å². The molecule has 0 bridgehead atoms. The molecule has 90 valence electrons. The second-order valence-corrected chi connectivity index (χ2v) is 5.39. The number of furan rings is 2. The van der Waals surface area contributed by atoms with E-state index in [0.29, 0.717) is 6.04 Å². The standard InChI is InChI=1S/C13H14INO2/c14-13-5-4-9(17-13)8-15-11-2-1-3-12-10(11)6-7-16-12/h4-7,11,15H,1-3,8H2. The van der Waals surface area contributed by atoms with E-state index >= 15 is 0 Å². The molecule has 0 aromatic carbocycles. The van der Waals surface area contributed by atoms with Gasteiger partial charge in [-0.25, -0.2) is 0 Å². The first kappa shape index (κ1) is 11.3. The van der Waals surface area contributed by atoms with Crippen molar-refractivity contribution in [3.63, 3.8) is 0 Å². The summed E-state index contributed by atoms with van der Waals surface area (Å²) in [6, 6.07) is 6.49. The third-order valence-corrected chi connectivity index (χ3v) is 3.78. The first-order valence-corrected chi connectivity index (χ1v) is 6.94. The van der Waals surface area contributed by atoms with Crippen molar-refractivity contribution in [3.05, 3.63) is 45.3 Å². The maximum Gasteiger partial charge on any atom is 0.164 e. The lowest BCUT2D eigenvalue weighted by Gasteiger charge is -2.22. The molecule has 0 radical (unpaired) electrons. The van der Waals surface area contributed by atoms with Gasteiger partial charge < -0.3 is 14.2 Å². The molecule has 1 N–H and O–H groups in total. The molecule has 3 rings (SSSR count). The molecule has 0 amide bonds. The van der Waals surface area contributed by atoms with Crippen molar-refractivity contribution in [1.29, 1.82) is 0 Å². The van der Waals surface area contributed by atoms with E-state index in [-0.39, 0.29) is 0 Å². The Kier molecular flexibility index (Phi) is 3.24. The van der Waals surface area contributed by atoms with Crippen LogP contribution in [0, 0.1) is 3.77 Å². The predicted molar refractivity (Wildman–Crippen MR) is 72.7 cm³/mol. The van der Waals surface area contributed by atoms with Crippen LogP contribution in [0.2, 0.25) is 0 Å². The van der Waals surface area contributed by atoms with Crippen LogP contribution in [0.5, 0.6) is 0 Å². The lowest BCUT2D eigenvalue weighted by molar-refractivity contribution is 0.388. The molecule has 4 heteroatoms. The van der Waals surface area contributed by atoms with Crippen LogP contribution < -0.4 is 5.32 Å². The summed E-state index contributed by atoms with van der Waals surface area (Å²) in [6.07, 6.45) is 5.22. The fourth-order valence-corrected chi connectivity index (χ4v) is 2.83. The molecule has 0 aliphatic heterocycles. The Morgan fingerprint density at radius 1 is 1.35 bits per heavy atom. The maximum atomic E-state index is 5.54. The van der Waals surface area contributed by atoms with E-state index in [0.717, 1.165) is 28.3 Å². The number of hydrogen-bond acceptors (Lipinski definition) is 3. The zero-order chi connectivity index (χ0) is 11.7. The summed E-state index contributed by atoms with van der Waals surface area (Å²) in [5, 5.41) is 3.54. The molecular formula is C13H14INO2. The van der Waals surface area contributed by atoms with Crippen molar-refractivity contribution < 1.29 is 8.83 Å². The van der Waals surface area contributed by atoms with Crippen LogP contribution in [0.3, 0.4) is 0 Å². The van der Waals surface area contributed by atoms with Crippen LogP contribution in [0.25, 0.3) is 0 Å². The van der Waals surface area contributed by atoms with E-state index in [4.69, 9.17) is 8.83 Å². The molecule has 2 aromatic heterocycles. The lowest BCUT2D eigenvalue weighted by atomic mass is 9.93. The van der Waals surface area contributed by atoms with Gasteiger partial charge in [-0.3, -0.25) is 0 Å². The predicted octanol–water partition coefficient (Wildman–Crippen LogP) is 3.64. The fraction of sp³-hybridized carbons (Fsp3) is 0.385. The minimum Gasteiger partial charge on any atom is -0.469 e. The highest BCUT2D eigenvalue weighted by Gasteiger charge is 2.22. The number of nitrogens with one attached hydrogen (secondary N) is 1. The summed E-state index contributed by atoms with van der Waals surface area (Å²) >= 11 is 2.18. The molecule has 1 atom stereocenters.